The second kappa shape index (κ2) is 5.52. The van der Waals surface area contributed by atoms with Crippen LogP contribution in [0.5, 0.6) is 0 Å². The molecule has 0 bridgehead atoms. The van der Waals surface area contributed by atoms with Crippen LogP contribution in [0.15, 0.2) is 30.3 Å². The number of hydrogen-bond acceptors (Lipinski definition) is 0. The Morgan fingerprint density at radius 1 is 1.00 bits per heavy atom. The van der Waals surface area contributed by atoms with Crippen LogP contribution in [0, 0.1) is 0 Å². The maximum Gasteiger partial charge on any atom is -0.00470 e. The molecule has 1 fully saturated rings. The lowest BCUT2D eigenvalue weighted by molar-refractivity contribution is 0.267. The lowest BCUT2D eigenvalue weighted by atomic mass is 9.67. The van der Waals surface area contributed by atoms with E-state index in [4.69, 9.17) is 0 Å². The van der Waals surface area contributed by atoms with E-state index in [1.54, 1.807) is 5.56 Å². The Bertz CT molecular complexity index is 293. The van der Waals surface area contributed by atoms with Crippen LogP contribution in [0.3, 0.4) is 0 Å². The fourth-order valence-electron chi connectivity index (χ4n) is 3.22. The minimum absolute atomic E-state index is 0.523. The molecule has 0 aliphatic heterocycles. The molecular weight excluding hydrogens is 192 g/mol. The van der Waals surface area contributed by atoms with Gasteiger partial charge in [0.1, 0.15) is 0 Å². The minimum atomic E-state index is 0.523. The molecule has 1 aromatic carbocycles. The van der Waals surface area contributed by atoms with E-state index in [1.807, 2.05) is 0 Å². The second-order valence-corrected chi connectivity index (χ2v) is 5.31. The van der Waals surface area contributed by atoms with Crippen LogP contribution < -0.4 is 0 Å². The first-order valence-electron chi connectivity index (χ1n) is 6.93. The SMILES string of the molecule is CCCCC1(c2ccccc2)CCCCC1. The summed E-state index contributed by atoms with van der Waals surface area (Å²) in [6.45, 7) is 2.31. The molecule has 0 saturated heterocycles. The fraction of sp³-hybridized carbons (Fsp3) is 0.625. The number of rotatable bonds is 4. The maximum atomic E-state index is 2.35. The summed E-state index contributed by atoms with van der Waals surface area (Å²) < 4.78 is 0. The topological polar surface area (TPSA) is 0 Å². The Kier molecular flexibility index (Phi) is 4.04. The molecule has 0 radical (unpaired) electrons. The van der Waals surface area contributed by atoms with Crippen LogP contribution in [-0.2, 0) is 5.41 Å². The largest absolute Gasteiger partial charge is 0.0654 e. The van der Waals surface area contributed by atoms with Crippen molar-refractivity contribution < 1.29 is 0 Å². The highest BCUT2D eigenvalue weighted by molar-refractivity contribution is 5.25. The molecule has 0 N–H and O–H groups in total. The smallest absolute Gasteiger partial charge is 0.00470 e. The molecule has 0 unspecified atom stereocenters. The van der Waals surface area contributed by atoms with Gasteiger partial charge < -0.3 is 0 Å². The highest BCUT2D eigenvalue weighted by atomic mass is 14.4. The van der Waals surface area contributed by atoms with Crippen molar-refractivity contribution in [2.75, 3.05) is 0 Å². The van der Waals surface area contributed by atoms with Gasteiger partial charge in [0.15, 0.2) is 0 Å². The fourth-order valence-corrected chi connectivity index (χ4v) is 3.22. The lowest BCUT2D eigenvalue weighted by Crippen LogP contribution is -2.28. The van der Waals surface area contributed by atoms with E-state index in [1.165, 1.54) is 51.4 Å². The van der Waals surface area contributed by atoms with Gasteiger partial charge in [-0.25, -0.2) is 0 Å². The van der Waals surface area contributed by atoms with Crippen LogP contribution in [0.4, 0.5) is 0 Å². The van der Waals surface area contributed by atoms with Gasteiger partial charge in [0.25, 0.3) is 0 Å². The molecule has 88 valence electrons. The van der Waals surface area contributed by atoms with Gasteiger partial charge in [0.2, 0.25) is 0 Å². The summed E-state index contributed by atoms with van der Waals surface area (Å²) in [5.41, 5.74) is 2.12. The van der Waals surface area contributed by atoms with Crippen molar-refractivity contribution in [1.82, 2.24) is 0 Å². The van der Waals surface area contributed by atoms with Gasteiger partial charge in [-0.15, -0.1) is 0 Å². The van der Waals surface area contributed by atoms with Crippen molar-refractivity contribution in [3.05, 3.63) is 35.9 Å². The average molecular weight is 216 g/mol. The quantitative estimate of drug-likeness (QED) is 0.658. The lowest BCUT2D eigenvalue weighted by Gasteiger charge is -2.38. The first-order chi connectivity index (χ1) is 7.87. The zero-order chi connectivity index (χ0) is 11.3. The Labute approximate surface area is 100 Å². The summed E-state index contributed by atoms with van der Waals surface area (Å²) in [6, 6.07) is 11.2. The molecule has 0 amide bonds. The normalized spacial score (nSPS) is 19.6. The number of unbranched alkanes of at least 4 members (excludes halogenated alkanes) is 1. The molecule has 1 saturated carbocycles. The standard InChI is InChI=1S/C16H24/c1-2-3-12-16(13-8-5-9-14-16)15-10-6-4-7-11-15/h4,6-7,10-11H,2-3,5,8-9,12-14H2,1H3. The monoisotopic (exact) mass is 216 g/mol. The van der Waals surface area contributed by atoms with Gasteiger partial charge in [-0.05, 0) is 30.2 Å². The molecule has 0 spiro atoms. The Hall–Kier alpha value is -0.780. The summed E-state index contributed by atoms with van der Waals surface area (Å²) in [4.78, 5) is 0. The van der Waals surface area contributed by atoms with Crippen LogP contribution in [-0.4, -0.2) is 0 Å². The highest BCUT2D eigenvalue weighted by Gasteiger charge is 2.32. The summed E-state index contributed by atoms with van der Waals surface area (Å²) in [5.74, 6) is 0. The first kappa shape index (κ1) is 11.7. The van der Waals surface area contributed by atoms with E-state index in [0.29, 0.717) is 5.41 Å². The molecule has 0 heterocycles. The first-order valence-corrected chi connectivity index (χ1v) is 6.93. The average Bonchev–Trinajstić information content (AvgIpc) is 2.38. The van der Waals surface area contributed by atoms with Gasteiger partial charge in [-0.1, -0.05) is 69.4 Å². The molecule has 16 heavy (non-hydrogen) atoms. The number of benzene rings is 1. The predicted octanol–water partition coefficient (Wildman–Crippen LogP) is 5.08. The Morgan fingerprint density at radius 3 is 2.31 bits per heavy atom. The summed E-state index contributed by atoms with van der Waals surface area (Å²) in [7, 11) is 0. The van der Waals surface area contributed by atoms with Crippen LogP contribution >= 0.6 is 0 Å². The van der Waals surface area contributed by atoms with Gasteiger partial charge in [0, 0.05) is 0 Å². The van der Waals surface area contributed by atoms with E-state index < -0.39 is 0 Å². The molecule has 1 aliphatic rings. The zero-order valence-electron chi connectivity index (χ0n) is 10.5. The molecule has 0 atom stereocenters. The highest BCUT2D eigenvalue weighted by Crippen LogP contribution is 2.43. The third-order valence-electron chi connectivity index (χ3n) is 4.21. The van der Waals surface area contributed by atoms with E-state index in [9.17, 15) is 0 Å². The summed E-state index contributed by atoms with van der Waals surface area (Å²) in [5, 5.41) is 0. The maximum absolute atomic E-state index is 2.35. The van der Waals surface area contributed by atoms with E-state index in [-0.39, 0.29) is 0 Å². The molecule has 0 nitrogen and oxygen atoms in total. The van der Waals surface area contributed by atoms with Crippen LogP contribution in [0.2, 0.25) is 0 Å². The zero-order valence-corrected chi connectivity index (χ0v) is 10.5. The third-order valence-corrected chi connectivity index (χ3v) is 4.21. The van der Waals surface area contributed by atoms with Gasteiger partial charge in [-0.3, -0.25) is 0 Å². The van der Waals surface area contributed by atoms with Gasteiger partial charge in [-0.2, -0.15) is 0 Å². The third kappa shape index (κ3) is 2.48. The van der Waals surface area contributed by atoms with Crippen molar-refractivity contribution in [3.63, 3.8) is 0 Å². The Balaban J connectivity index is 2.19. The van der Waals surface area contributed by atoms with Crippen molar-refractivity contribution in [1.29, 1.82) is 0 Å². The molecule has 0 aromatic heterocycles. The van der Waals surface area contributed by atoms with Crippen molar-refractivity contribution in [3.8, 4) is 0 Å². The molecule has 0 heteroatoms. The summed E-state index contributed by atoms with van der Waals surface area (Å²) >= 11 is 0. The molecule has 1 aliphatic carbocycles. The van der Waals surface area contributed by atoms with Crippen molar-refractivity contribution in [2.45, 2.75) is 63.7 Å². The van der Waals surface area contributed by atoms with Crippen LogP contribution in [0.1, 0.15) is 63.9 Å². The van der Waals surface area contributed by atoms with Gasteiger partial charge in [0.05, 0.1) is 0 Å². The summed E-state index contributed by atoms with van der Waals surface area (Å²) in [6.07, 6.45) is 11.2. The minimum Gasteiger partial charge on any atom is -0.0654 e. The van der Waals surface area contributed by atoms with E-state index in [0.717, 1.165) is 0 Å². The van der Waals surface area contributed by atoms with Gasteiger partial charge >= 0.3 is 0 Å². The molecule has 2 rings (SSSR count). The molecular formula is C16H24. The number of hydrogen-bond donors (Lipinski definition) is 0. The predicted molar refractivity (Wildman–Crippen MR) is 70.7 cm³/mol. The van der Waals surface area contributed by atoms with E-state index in [2.05, 4.69) is 37.3 Å². The van der Waals surface area contributed by atoms with Crippen LogP contribution in [0.25, 0.3) is 0 Å². The second-order valence-electron chi connectivity index (χ2n) is 5.31. The molecule has 1 aromatic rings. The van der Waals surface area contributed by atoms with Crippen molar-refractivity contribution in [2.24, 2.45) is 0 Å². The van der Waals surface area contributed by atoms with E-state index >= 15 is 0 Å². The Morgan fingerprint density at radius 2 is 1.69 bits per heavy atom. The van der Waals surface area contributed by atoms with Crippen molar-refractivity contribution >= 4 is 0 Å².